The van der Waals surface area contributed by atoms with E-state index in [1.54, 1.807) is 12.1 Å². The second-order valence-corrected chi connectivity index (χ2v) is 6.65. The number of rotatable bonds is 5. The van der Waals surface area contributed by atoms with Crippen molar-refractivity contribution in [1.29, 1.82) is 0 Å². The molecule has 1 N–H and O–H groups in total. The SMILES string of the molecule is CC[C@@H](CNC(=O)c1ccc(Br)o1)N1CCc2ccccc2C1. The van der Waals surface area contributed by atoms with Gasteiger partial charge in [0.2, 0.25) is 0 Å². The third-order valence-corrected chi connectivity index (χ3v) is 4.87. The lowest BCUT2D eigenvalue weighted by Crippen LogP contribution is -2.45. The fraction of sp³-hybridized carbons (Fsp3) is 0.389. The smallest absolute Gasteiger partial charge is 0.287 e. The third kappa shape index (κ3) is 3.85. The van der Waals surface area contributed by atoms with Crippen LogP contribution in [0.1, 0.15) is 35.0 Å². The molecule has 1 aromatic heterocycles. The van der Waals surface area contributed by atoms with Crippen molar-refractivity contribution in [3.8, 4) is 0 Å². The Balaban J connectivity index is 1.59. The summed E-state index contributed by atoms with van der Waals surface area (Å²) in [6, 6.07) is 12.4. The number of nitrogens with zero attached hydrogens (tertiary/aromatic N) is 1. The summed E-state index contributed by atoms with van der Waals surface area (Å²) in [5, 5.41) is 2.99. The van der Waals surface area contributed by atoms with E-state index in [0.717, 1.165) is 25.9 Å². The number of nitrogens with one attached hydrogen (secondary N) is 1. The summed E-state index contributed by atoms with van der Waals surface area (Å²) in [6.07, 6.45) is 2.08. The molecule has 1 amide bonds. The van der Waals surface area contributed by atoms with Crippen molar-refractivity contribution in [3.05, 3.63) is 58.0 Å². The molecule has 122 valence electrons. The van der Waals surface area contributed by atoms with E-state index in [9.17, 15) is 4.79 Å². The van der Waals surface area contributed by atoms with Gasteiger partial charge in [-0.1, -0.05) is 31.2 Å². The Bertz CT molecular complexity index is 683. The zero-order valence-electron chi connectivity index (χ0n) is 13.2. The zero-order valence-corrected chi connectivity index (χ0v) is 14.8. The lowest BCUT2D eigenvalue weighted by atomic mass is 9.98. The molecule has 1 aliphatic heterocycles. The Morgan fingerprint density at radius 1 is 1.30 bits per heavy atom. The minimum atomic E-state index is -0.161. The van der Waals surface area contributed by atoms with Crippen molar-refractivity contribution in [2.24, 2.45) is 0 Å². The molecule has 1 atom stereocenters. The Morgan fingerprint density at radius 2 is 2.09 bits per heavy atom. The molecule has 0 saturated heterocycles. The molecular weight excluding hydrogens is 356 g/mol. The van der Waals surface area contributed by atoms with Gasteiger partial charge in [0, 0.05) is 25.7 Å². The number of hydrogen-bond donors (Lipinski definition) is 1. The maximum atomic E-state index is 12.1. The normalized spacial score (nSPS) is 15.9. The van der Waals surface area contributed by atoms with Crippen molar-refractivity contribution in [2.75, 3.05) is 13.1 Å². The highest BCUT2D eigenvalue weighted by molar-refractivity contribution is 9.10. The van der Waals surface area contributed by atoms with Gasteiger partial charge in [0.05, 0.1) is 0 Å². The molecule has 1 aliphatic rings. The molecule has 0 aliphatic carbocycles. The molecule has 4 nitrogen and oxygen atoms in total. The zero-order chi connectivity index (χ0) is 16.2. The van der Waals surface area contributed by atoms with E-state index in [1.807, 2.05) is 0 Å². The predicted octanol–water partition coefficient (Wildman–Crippen LogP) is 3.61. The molecule has 0 fully saturated rings. The van der Waals surface area contributed by atoms with Gasteiger partial charge in [-0.3, -0.25) is 9.69 Å². The second-order valence-electron chi connectivity index (χ2n) is 5.87. The highest BCUT2D eigenvalue weighted by Gasteiger charge is 2.23. The summed E-state index contributed by atoms with van der Waals surface area (Å²) in [7, 11) is 0. The molecule has 5 heteroatoms. The summed E-state index contributed by atoms with van der Waals surface area (Å²) in [5.74, 6) is 0.183. The molecule has 0 spiro atoms. The summed E-state index contributed by atoms with van der Waals surface area (Å²) < 4.78 is 5.87. The maximum Gasteiger partial charge on any atom is 0.287 e. The number of hydrogen-bond acceptors (Lipinski definition) is 3. The largest absolute Gasteiger partial charge is 0.444 e. The van der Waals surface area contributed by atoms with Crippen LogP contribution in [0.4, 0.5) is 0 Å². The average molecular weight is 377 g/mol. The summed E-state index contributed by atoms with van der Waals surface area (Å²) in [6.45, 7) is 4.80. The van der Waals surface area contributed by atoms with E-state index in [4.69, 9.17) is 4.42 Å². The quantitative estimate of drug-likeness (QED) is 0.866. The first kappa shape index (κ1) is 16.3. The fourth-order valence-electron chi connectivity index (χ4n) is 3.09. The number of benzene rings is 1. The van der Waals surface area contributed by atoms with Crippen LogP contribution in [-0.2, 0) is 13.0 Å². The van der Waals surface area contributed by atoms with Crippen LogP contribution in [0.15, 0.2) is 45.5 Å². The number of carbonyl (C=O) groups is 1. The van der Waals surface area contributed by atoms with E-state index < -0.39 is 0 Å². The van der Waals surface area contributed by atoms with Crippen molar-refractivity contribution in [2.45, 2.75) is 32.4 Å². The topological polar surface area (TPSA) is 45.5 Å². The standard InChI is InChI=1S/C18H21BrN2O2/c1-2-15(11-20-18(22)16-7-8-17(19)23-16)21-10-9-13-5-3-4-6-14(13)12-21/h3-8,15H,2,9-12H2,1H3,(H,20,22)/t15-/m0/s1. The van der Waals surface area contributed by atoms with Gasteiger partial charge in [0.25, 0.3) is 5.91 Å². The van der Waals surface area contributed by atoms with Crippen molar-refractivity contribution in [3.63, 3.8) is 0 Å². The minimum absolute atomic E-state index is 0.161. The summed E-state index contributed by atoms with van der Waals surface area (Å²) in [4.78, 5) is 14.6. The van der Waals surface area contributed by atoms with Crippen LogP contribution >= 0.6 is 15.9 Å². The van der Waals surface area contributed by atoms with Crippen LogP contribution in [-0.4, -0.2) is 29.9 Å². The van der Waals surface area contributed by atoms with E-state index >= 15 is 0 Å². The molecule has 0 radical (unpaired) electrons. The Hall–Kier alpha value is -1.59. The van der Waals surface area contributed by atoms with Gasteiger partial charge in [-0.05, 0) is 52.0 Å². The molecular formula is C18H21BrN2O2. The molecule has 2 aromatic rings. The molecule has 0 bridgehead atoms. The molecule has 2 heterocycles. The molecule has 1 aromatic carbocycles. The lowest BCUT2D eigenvalue weighted by Gasteiger charge is -2.35. The van der Waals surface area contributed by atoms with Crippen molar-refractivity contribution in [1.82, 2.24) is 10.2 Å². The van der Waals surface area contributed by atoms with Gasteiger partial charge in [-0.25, -0.2) is 0 Å². The van der Waals surface area contributed by atoms with E-state index in [2.05, 4.69) is 57.3 Å². The first-order valence-corrected chi connectivity index (χ1v) is 8.81. The Kier molecular flexibility index (Phi) is 5.18. The maximum absolute atomic E-state index is 12.1. The van der Waals surface area contributed by atoms with Gasteiger partial charge in [-0.2, -0.15) is 0 Å². The number of fused-ring (bicyclic) bond motifs is 1. The fourth-order valence-corrected chi connectivity index (χ4v) is 3.40. The predicted molar refractivity (Wildman–Crippen MR) is 93.4 cm³/mol. The molecule has 0 saturated carbocycles. The molecule has 3 rings (SSSR count). The number of furan rings is 1. The van der Waals surface area contributed by atoms with Crippen LogP contribution in [0.2, 0.25) is 0 Å². The second kappa shape index (κ2) is 7.32. The Morgan fingerprint density at radius 3 is 2.78 bits per heavy atom. The summed E-state index contributed by atoms with van der Waals surface area (Å²) in [5.41, 5.74) is 2.85. The highest BCUT2D eigenvalue weighted by atomic mass is 79.9. The minimum Gasteiger partial charge on any atom is -0.444 e. The number of amides is 1. The number of carbonyl (C=O) groups excluding carboxylic acids is 1. The van der Waals surface area contributed by atoms with Gasteiger partial charge >= 0.3 is 0 Å². The van der Waals surface area contributed by atoms with Crippen LogP contribution in [0.25, 0.3) is 0 Å². The first-order valence-electron chi connectivity index (χ1n) is 8.01. The van der Waals surface area contributed by atoms with E-state index in [0.29, 0.717) is 23.0 Å². The monoisotopic (exact) mass is 376 g/mol. The molecule has 23 heavy (non-hydrogen) atoms. The molecule has 0 unspecified atom stereocenters. The van der Waals surface area contributed by atoms with Crippen LogP contribution in [0.3, 0.4) is 0 Å². The van der Waals surface area contributed by atoms with Crippen LogP contribution in [0, 0.1) is 0 Å². The highest BCUT2D eigenvalue weighted by Crippen LogP contribution is 2.21. The van der Waals surface area contributed by atoms with E-state index in [1.165, 1.54) is 11.1 Å². The van der Waals surface area contributed by atoms with Gasteiger partial charge in [-0.15, -0.1) is 0 Å². The van der Waals surface area contributed by atoms with Crippen molar-refractivity contribution < 1.29 is 9.21 Å². The van der Waals surface area contributed by atoms with Gasteiger partial charge in [0.15, 0.2) is 10.4 Å². The number of halogens is 1. The summed E-state index contributed by atoms with van der Waals surface area (Å²) >= 11 is 3.22. The average Bonchev–Trinajstić information content (AvgIpc) is 3.01. The van der Waals surface area contributed by atoms with Crippen LogP contribution < -0.4 is 5.32 Å². The van der Waals surface area contributed by atoms with Crippen molar-refractivity contribution >= 4 is 21.8 Å². The first-order chi connectivity index (χ1) is 11.2. The van der Waals surface area contributed by atoms with Gasteiger partial charge < -0.3 is 9.73 Å². The third-order valence-electron chi connectivity index (χ3n) is 4.44. The lowest BCUT2D eigenvalue weighted by molar-refractivity contribution is 0.0897. The van der Waals surface area contributed by atoms with E-state index in [-0.39, 0.29) is 5.91 Å². The Labute approximate surface area is 145 Å². The van der Waals surface area contributed by atoms with Gasteiger partial charge in [0.1, 0.15) is 0 Å². The van der Waals surface area contributed by atoms with Crippen LogP contribution in [0.5, 0.6) is 0 Å².